The minimum Gasteiger partial charge on any atom is -0.302 e. The van der Waals surface area contributed by atoms with Crippen molar-refractivity contribution in [3.8, 4) is 0 Å². The highest BCUT2D eigenvalue weighted by Gasteiger charge is 2.14. The lowest BCUT2D eigenvalue weighted by molar-refractivity contribution is -0.108. The Bertz CT molecular complexity index is 114. The molecule has 0 aromatic carbocycles. The second-order valence-corrected chi connectivity index (χ2v) is 3.35. The van der Waals surface area contributed by atoms with E-state index in [0.717, 1.165) is 4.31 Å². The van der Waals surface area contributed by atoms with Crippen LogP contribution in [0.5, 0.6) is 0 Å². The highest BCUT2D eigenvalue weighted by Crippen LogP contribution is 2.32. The van der Waals surface area contributed by atoms with Crippen LogP contribution in [0.1, 0.15) is 6.92 Å². The number of carbonyl (C=O) groups is 1. The summed E-state index contributed by atoms with van der Waals surface area (Å²) in [7, 11) is -3.18. The highest BCUT2D eigenvalue weighted by molar-refractivity contribution is 8.20. The second kappa shape index (κ2) is 3.89. The van der Waals surface area contributed by atoms with Crippen LogP contribution in [0.25, 0.3) is 0 Å². The lowest BCUT2D eigenvalue weighted by atomic mass is 10.6. The molecule has 0 aromatic heterocycles. The van der Waals surface area contributed by atoms with Crippen LogP contribution in [0.3, 0.4) is 0 Å². The Morgan fingerprint density at radius 2 is 2.20 bits per heavy atom. The van der Waals surface area contributed by atoms with E-state index in [-0.39, 0.29) is 6.54 Å². The third kappa shape index (κ3) is 3.14. The molecule has 0 aromatic rings. The maximum atomic E-state index is 9.91. The van der Waals surface area contributed by atoms with Gasteiger partial charge in [0.15, 0.2) is 0 Å². The predicted molar refractivity (Wildman–Crippen MR) is 40.3 cm³/mol. The molecule has 6 heteroatoms. The minimum atomic E-state index is -3.18. The van der Waals surface area contributed by atoms with Crippen molar-refractivity contribution in [1.29, 1.82) is 0 Å². The molecule has 5 nitrogen and oxygen atoms in total. The summed E-state index contributed by atoms with van der Waals surface area (Å²) in [6, 6.07) is 0. The fourth-order valence-electron chi connectivity index (χ4n) is 0.512. The number of hydrogen-bond acceptors (Lipinski definition) is 5. The van der Waals surface area contributed by atoms with Crippen molar-refractivity contribution in [2.75, 3.05) is 13.1 Å². The van der Waals surface area contributed by atoms with Crippen LogP contribution < -0.4 is 5.14 Å². The van der Waals surface area contributed by atoms with E-state index < -0.39 is 11.0 Å². The van der Waals surface area contributed by atoms with Gasteiger partial charge in [0.2, 0.25) is 0 Å². The molecule has 0 rings (SSSR count). The summed E-state index contributed by atoms with van der Waals surface area (Å²) in [6.45, 7) is 1.98. The van der Waals surface area contributed by atoms with Crippen molar-refractivity contribution in [3.05, 3.63) is 0 Å². The number of aldehydes is 1. The number of likely N-dealkylation sites (N-methyl/N-ethyl adjacent to an activating group) is 1. The van der Waals surface area contributed by atoms with E-state index in [1.54, 1.807) is 6.92 Å². The van der Waals surface area contributed by atoms with E-state index in [1.165, 1.54) is 0 Å². The number of nitrogens with two attached hydrogens (primary N) is 1. The van der Waals surface area contributed by atoms with Gasteiger partial charge in [0.25, 0.3) is 0 Å². The van der Waals surface area contributed by atoms with E-state index in [4.69, 9.17) is 14.2 Å². The quantitative estimate of drug-likeness (QED) is 0.516. The first kappa shape index (κ1) is 9.86. The van der Waals surface area contributed by atoms with Crippen LogP contribution in [-0.2, 0) is 4.79 Å². The van der Waals surface area contributed by atoms with Gasteiger partial charge in [-0.1, -0.05) is 17.9 Å². The topological polar surface area (TPSA) is 86.8 Å². The average molecular weight is 168 g/mol. The van der Waals surface area contributed by atoms with Crippen molar-refractivity contribution < 1.29 is 13.9 Å². The van der Waals surface area contributed by atoms with Crippen LogP contribution in [0.4, 0.5) is 0 Å². The van der Waals surface area contributed by atoms with Gasteiger partial charge in [0.1, 0.15) is 6.29 Å². The molecule has 0 unspecified atom stereocenters. The van der Waals surface area contributed by atoms with Crippen molar-refractivity contribution in [2.24, 2.45) is 5.14 Å². The third-order valence-electron chi connectivity index (χ3n) is 1.01. The summed E-state index contributed by atoms with van der Waals surface area (Å²) >= 11 is 0. The Labute approximate surface area is 61.4 Å². The molecule has 0 spiro atoms. The van der Waals surface area contributed by atoms with Gasteiger partial charge in [-0.25, -0.2) is 5.14 Å². The summed E-state index contributed by atoms with van der Waals surface area (Å²) in [4.78, 5) is 9.91. The summed E-state index contributed by atoms with van der Waals surface area (Å²) in [6.07, 6.45) is 0.574. The molecule has 0 heterocycles. The van der Waals surface area contributed by atoms with E-state index >= 15 is 0 Å². The van der Waals surface area contributed by atoms with Gasteiger partial charge in [0.05, 0.1) is 6.54 Å². The Morgan fingerprint density at radius 1 is 1.70 bits per heavy atom. The molecule has 0 atom stereocenters. The van der Waals surface area contributed by atoms with E-state index in [1.807, 2.05) is 0 Å². The fourth-order valence-corrected chi connectivity index (χ4v) is 1.17. The molecule has 62 valence electrons. The maximum absolute atomic E-state index is 9.91. The van der Waals surface area contributed by atoms with Crippen LogP contribution >= 0.6 is 11.0 Å². The van der Waals surface area contributed by atoms with Gasteiger partial charge in [-0.3, -0.25) is 9.11 Å². The molecule has 0 bridgehead atoms. The Hall–Kier alpha value is -0.140. The normalized spacial score (nSPS) is 13.7. The zero-order chi connectivity index (χ0) is 8.20. The maximum Gasteiger partial charge on any atom is 0.135 e. The second-order valence-electron chi connectivity index (χ2n) is 1.71. The molecule has 0 aliphatic carbocycles. The average Bonchev–Trinajstić information content (AvgIpc) is 1.80. The van der Waals surface area contributed by atoms with E-state index in [2.05, 4.69) is 0 Å². The van der Waals surface area contributed by atoms with Crippen molar-refractivity contribution in [3.63, 3.8) is 0 Å². The van der Waals surface area contributed by atoms with Crippen LogP contribution in [0, 0.1) is 0 Å². The number of carbonyl (C=O) groups excluding carboxylic acids is 1. The molecule has 0 fully saturated rings. The highest BCUT2D eigenvalue weighted by atomic mass is 32.3. The van der Waals surface area contributed by atoms with Gasteiger partial charge in [0, 0.05) is 6.54 Å². The number of nitrogens with zero attached hydrogens (tertiary/aromatic N) is 1. The van der Waals surface area contributed by atoms with Crippen LogP contribution in [-0.4, -0.2) is 32.8 Å². The molecule has 4 N–H and O–H groups in total. The monoisotopic (exact) mass is 168 g/mol. The van der Waals surface area contributed by atoms with Gasteiger partial charge in [-0.15, -0.1) is 0 Å². The molecule has 0 saturated carbocycles. The van der Waals surface area contributed by atoms with Crippen LogP contribution in [0.15, 0.2) is 0 Å². The SMILES string of the molecule is CCN(CC=O)S(N)(O)O. The largest absolute Gasteiger partial charge is 0.302 e. The molecule has 0 amide bonds. The Kier molecular flexibility index (Phi) is 3.84. The lowest BCUT2D eigenvalue weighted by Gasteiger charge is -2.36. The molecule has 10 heavy (non-hydrogen) atoms. The fraction of sp³-hybridized carbons (Fsp3) is 0.750. The van der Waals surface area contributed by atoms with Crippen molar-refractivity contribution in [1.82, 2.24) is 4.31 Å². The molecule has 0 radical (unpaired) electrons. The van der Waals surface area contributed by atoms with Gasteiger partial charge in [-0.05, 0) is 0 Å². The minimum absolute atomic E-state index is 0.0463. The van der Waals surface area contributed by atoms with E-state index in [0.29, 0.717) is 12.8 Å². The zero-order valence-corrected chi connectivity index (χ0v) is 6.54. The van der Waals surface area contributed by atoms with Gasteiger partial charge >= 0.3 is 0 Å². The number of hydrogen-bond donors (Lipinski definition) is 3. The predicted octanol–water partition coefficient (Wildman–Crippen LogP) is 0.0465. The third-order valence-corrected chi connectivity index (χ3v) is 2.18. The van der Waals surface area contributed by atoms with Crippen LogP contribution in [0.2, 0.25) is 0 Å². The van der Waals surface area contributed by atoms with Gasteiger partial charge < -0.3 is 4.79 Å². The molecular weight excluding hydrogens is 156 g/mol. The molecular formula is C4H12N2O3S. The Morgan fingerprint density at radius 3 is 2.30 bits per heavy atom. The zero-order valence-electron chi connectivity index (χ0n) is 5.73. The molecule has 0 aliphatic rings. The summed E-state index contributed by atoms with van der Waals surface area (Å²) in [5, 5.41) is 4.94. The first-order valence-electron chi connectivity index (χ1n) is 2.77. The lowest BCUT2D eigenvalue weighted by Crippen LogP contribution is -2.33. The van der Waals surface area contributed by atoms with Gasteiger partial charge in [-0.2, -0.15) is 4.31 Å². The first-order valence-corrected chi connectivity index (χ1v) is 4.33. The summed E-state index contributed by atoms with van der Waals surface area (Å²) in [5.74, 6) is 0. The van der Waals surface area contributed by atoms with Crippen molar-refractivity contribution >= 4 is 17.2 Å². The standard InChI is InChI=1S/C4H12N2O3S/c1-2-6(3-4-7)10(5,8)9/h4,8-9H,2-3,5H2,1H3. The number of rotatable bonds is 4. The summed E-state index contributed by atoms with van der Waals surface area (Å²) < 4.78 is 18.7. The van der Waals surface area contributed by atoms with E-state index in [9.17, 15) is 4.79 Å². The van der Waals surface area contributed by atoms with Crippen molar-refractivity contribution in [2.45, 2.75) is 6.92 Å². The molecule has 0 saturated heterocycles. The summed E-state index contributed by atoms with van der Waals surface area (Å²) in [5.41, 5.74) is 0. The first-order chi connectivity index (χ1) is 4.52. The molecule has 0 aliphatic heterocycles. The Balaban J connectivity index is 3.92. The smallest absolute Gasteiger partial charge is 0.135 e.